The molecule has 0 aliphatic heterocycles. The van der Waals surface area contributed by atoms with Crippen LogP contribution in [-0.4, -0.2) is 39.7 Å². The van der Waals surface area contributed by atoms with Crippen LogP contribution in [0.3, 0.4) is 0 Å². The molecule has 0 unspecified atom stereocenters. The Morgan fingerprint density at radius 2 is 2.10 bits per heavy atom. The summed E-state index contributed by atoms with van der Waals surface area (Å²) in [5.41, 5.74) is 6.28. The molecule has 2 rings (SSSR count). The van der Waals surface area contributed by atoms with E-state index in [2.05, 4.69) is 15.5 Å². The third-order valence-corrected chi connectivity index (χ3v) is 2.70. The number of rotatable bonds is 5. The van der Waals surface area contributed by atoms with Gasteiger partial charge in [0.1, 0.15) is 12.3 Å². The summed E-state index contributed by atoms with van der Waals surface area (Å²) < 4.78 is 56.3. The number of nitrogens with zero attached hydrogens (tertiary/aromatic N) is 4. The molecule has 10 heteroatoms. The van der Waals surface area contributed by atoms with Crippen LogP contribution in [0, 0.1) is 0 Å². The highest BCUT2D eigenvalue weighted by Crippen LogP contribution is 2.29. The van der Waals surface area contributed by atoms with Gasteiger partial charge in [-0.05, 0) is 28.6 Å². The zero-order valence-electron chi connectivity index (χ0n) is 10.8. The maximum absolute atomic E-state index is 13.1. The number of benzene rings is 1. The Labute approximate surface area is 116 Å². The van der Waals surface area contributed by atoms with Crippen molar-refractivity contribution in [1.82, 2.24) is 20.2 Å². The first kappa shape index (κ1) is 15.0. The summed E-state index contributed by atoms with van der Waals surface area (Å²) in [5, 5.41) is 10.1. The minimum absolute atomic E-state index is 0.0892. The lowest BCUT2D eigenvalue weighted by Gasteiger charge is -2.15. The molecule has 0 bridgehead atoms. The summed E-state index contributed by atoms with van der Waals surface area (Å²) in [6.07, 6.45) is -3.81. The van der Waals surface area contributed by atoms with Crippen molar-refractivity contribution in [3.05, 3.63) is 18.2 Å². The number of alkyl halides is 4. The highest BCUT2D eigenvalue weighted by Gasteiger charge is 2.42. The van der Waals surface area contributed by atoms with Crippen molar-refractivity contribution in [1.29, 1.82) is 0 Å². The van der Waals surface area contributed by atoms with E-state index in [1.165, 1.54) is 25.3 Å². The van der Waals surface area contributed by atoms with E-state index in [-0.39, 0.29) is 5.82 Å². The monoisotopic (exact) mass is 305 g/mol. The molecule has 1 aromatic heterocycles. The number of hydrogen-bond acceptors (Lipinski definition) is 5. The quantitative estimate of drug-likeness (QED) is 0.673. The fourth-order valence-electron chi connectivity index (χ4n) is 1.64. The van der Waals surface area contributed by atoms with Gasteiger partial charge < -0.3 is 10.5 Å². The first-order valence-electron chi connectivity index (χ1n) is 5.71. The Morgan fingerprint density at radius 3 is 2.71 bits per heavy atom. The molecule has 1 heterocycles. The molecule has 21 heavy (non-hydrogen) atoms. The SMILES string of the molecule is COc1cc(-c2nnnn2CC(F)(F)C(F)F)ccc1N. The molecule has 1 aromatic carbocycles. The van der Waals surface area contributed by atoms with E-state index in [0.717, 1.165) is 0 Å². The second-order valence-corrected chi connectivity index (χ2v) is 4.18. The van der Waals surface area contributed by atoms with Crippen molar-refractivity contribution in [2.45, 2.75) is 18.9 Å². The van der Waals surface area contributed by atoms with Crippen LogP contribution in [0.1, 0.15) is 0 Å². The lowest BCUT2D eigenvalue weighted by molar-refractivity contribution is -0.139. The number of anilines is 1. The van der Waals surface area contributed by atoms with Crippen molar-refractivity contribution in [3.8, 4) is 17.1 Å². The van der Waals surface area contributed by atoms with Crippen LogP contribution in [0.15, 0.2) is 18.2 Å². The van der Waals surface area contributed by atoms with Gasteiger partial charge in [-0.1, -0.05) is 0 Å². The fourth-order valence-corrected chi connectivity index (χ4v) is 1.64. The van der Waals surface area contributed by atoms with Crippen LogP contribution in [0.2, 0.25) is 0 Å². The summed E-state index contributed by atoms with van der Waals surface area (Å²) in [7, 11) is 1.38. The van der Waals surface area contributed by atoms with Gasteiger partial charge in [-0.15, -0.1) is 5.10 Å². The van der Waals surface area contributed by atoms with Gasteiger partial charge in [0.05, 0.1) is 12.8 Å². The smallest absolute Gasteiger partial charge is 0.326 e. The molecule has 114 valence electrons. The molecular weight excluding hydrogens is 294 g/mol. The second-order valence-electron chi connectivity index (χ2n) is 4.18. The zero-order chi connectivity index (χ0) is 15.6. The summed E-state index contributed by atoms with van der Waals surface area (Å²) in [6.45, 7) is -1.33. The number of nitrogen functional groups attached to an aromatic ring is 1. The summed E-state index contributed by atoms with van der Waals surface area (Å²) in [4.78, 5) is 0. The van der Waals surface area contributed by atoms with E-state index in [0.29, 0.717) is 21.7 Å². The van der Waals surface area contributed by atoms with E-state index < -0.39 is 18.9 Å². The van der Waals surface area contributed by atoms with E-state index in [1.807, 2.05) is 0 Å². The van der Waals surface area contributed by atoms with Crippen LogP contribution in [0.5, 0.6) is 5.75 Å². The summed E-state index contributed by atoms with van der Waals surface area (Å²) in [5.74, 6) is -4.03. The van der Waals surface area contributed by atoms with E-state index in [4.69, 9.17) is 10.5 Å². The average molecular weight is 305 g/mol. The van der Waals surface area contributed by atoms with Crippen LogP contribution in [0.25, 0.3) is 11.4 Å². The Bertz CT molecular complexity index is 631. The Morgan fingerprint density at radius 1 is 1.38 bits per heavy atom. The molecule has 0 spiro atoms. The van der Waals surface area contributed by atoms with Gasteiger partial charge in [0.15, 0.2) is 5.82 Å². The molecule has 0 fully saturated rings. The Hall–Kier alpha value is -2.39. The minimum atomic E-state index is -4.23. The number of tetrazole rings is 1. The molecule has 2 aromatic rings. The van der Waals surface area contributed by atoms with Gasteiger partial charge in [-0.3, -0.25) is 0 Å². The second kappa shape index (κ2) is 5.54. The zero-order valence-corrected chi connectivity index (χ0v) is 10.8. The van der Waals surface area contributed by atoms with Crippen LogP contribution >= 0.6 is 0 Å². The maximum Gasteiger partial charge on any atom is 0.326 e. The van der Waals surface area contributed by atoms with Crippen molar-refractivity contribution in [2.75, 3.05) is 12.8 Å². The maximum atomic E-state index is 13.1. The topological polar surface area (TPSA) is 78.9 Å². The highest BCUT2D eigenvalue weighted by molar-refractivity contribution is 5.65. The molecule has 2 N–H and O–H groups in total. The summed E-state index contributed by atoms with van der Waals surface area (Å²) >= 11 is 0. The molecule has 0 saturated heterocycles. The fraction of sp³-hybridized carbons (Fsp3) is 0.364. The Kier molecular flexibility index (Phi) is 3.96. The van der Waals surface area contributed by atoms with Crippen molar-refractivity contribution in [3.63, 3.8) is 0 Å². The van der Waals surface area contributed by atoms with Crippen molar-refractivity contribution in [2.24, 2.45) is 0 Å². The number of aromatic nitrogens is 4. The lowest BCUT2D eigenvalue weighted by Crippen LogP contribution is -2.32. The first-order valence-corrected chi connectivity index (χ1v) is 5.71. The summed E-state index contributed by atoms with van der Waals surface area (Å²) in [6, 6.07) is 4.37. The molecule has 0 aliphatic carbocycles. The third-order valence-electron chi connectivity index (χ3n) is 2.70. The van der Waals surface area contributed by atoms with E-state index >= 15 is 0 Å². The molecule has 0 atom stereocenters. The number of methoxy groups -OCH3 is 1. The Balaban J connectivity index is 2.37. The van der Waals surface area contributed by atoms with Gasteiger partial charge in [0.2, 0.25) is 0 Å². The van der Waals surface area contributed by atoms with Gasteiger partial charge in [-0.2, -0.15) is 8.78 Å². The molecule has 0 saturated carbocycles. The highest BCUT2D eigenvalue weighted by atomic mass is 19.3. The lowest BCUT2D eigenvalue weighted by atomic mass is 10.1. The predicted octanol–water partition coefficient (Wildman–Crippen LogP) is 1.83. The largest absolute Gasteiger partial charge is 0.495 e. The standard InChI is InChI=1S/C11H11F4N5O/c1-21-8-4-6(2-3-7(8)16)9-17-18-19-20(9)5-11(14,15)10(12)13/h2-4,10H,5,16H2,1H3. The predicted molar refractivity (Wildman–Crippen MR) is 65.2 cm³/mol. The number of halogens is 4. The van der Waals surface area contributed by atoms with E-state index in [1.54, 1.807) is 0 Å². The van der Waals surface area contributed by atoms with Crippen LogP contribution in [-0.2, 0) is 6.54 Å². The number of ether oxygens (including phenoxy) is 1. The van der Waals surface area contributed by atoms with Crippen molar-refractivity contribution >= 4 is 5.69 Å². The molecule has 0 amide bonds. The minimum Gasteiger partial charge on any atom is -0.495 e. The van der Waals surface area contributed by atoms with Gasteiger partial charge in [0.25, 0.3) is 0 Å². The van der Waals surface area contributed by atoms with Gasteiger partial charge in [-0.25, -0.2) is 13.5 Å². The number of hydrogen-bond donors (Lipinski definition) is 1. The van der Waals surface area contributed by atoms with E-state index in [9.17, 15) is 17.6 Å². The molecule has 6 nitrogen and oxygen atoms in total. The first-order chi connectivity index (χ1) is 9.85. The average Bonchev–Trinajstić information content (AvgIpc) is 2.86. The normalized spacial score (nSPS) is 11.9. The van der Waals surface area contributed by atoms with Crippen molar-refractivity contribution < 1.29 is 22.3 Å². The van der Waals surface area contributed by atoms with Crippen LogP contribution in [0.4, 0.5) is 23.2 Å². The number of nitrogens with two attached hydrogens (primary N) is 1. The van der Waals surface area contributed by atoms with Gasteiger partial charge >= 0.3 is 12.3 Å². The van der Waals surface area contributed by atoms with Gasteiger partial charge in [0, 0.05) is 5.56 Å². The molecular formula is C11H11F4N5O. The molecule has 0 radical (unpaired) electrons. The third kappa shape index (κ3) is 3.03. The molecule has 0 aliphatic rings. The van der Waals surface area contributed by atoms with Crippen LogP contribution < -0.4 is 10.5 Å².